The summed E-state index contributed by atoms with van der Waals surface area (Å²) in [5.74, 6) is -1.53. The highest BCUT2D eigenvalue weighted by Crippen LogP contribution is 2.32. The molecule has 0 bridgehead atoms. The first-order chi connectivity index (χ1) is 6.42. The molecule has 0 spiro atoms. The number of methoxy groups -OCH3 is 1. The van der Waals surface area contributed by atoms with E-state index in [1.54, 1.807) is 0 Å². The van der Waals surface area contributed by atoms with Crippen molar-refractivity contribution >= 4 is 0 Å². The number of aromatic nitrogens is 1. The Kier molecular flexibility index (Phi) is 2.68. The molecular formula is C7H6F3NO3. The number of alkyl halides is 3. The minimum atomic E-state index is -4.86. The molecule has 0 saturated heterocycles. The Morgan fingerprint density at radius 3 is 2.57 bits per heavy atom. The summed E-state index contributed by atoms with van der Waals surface area (Å²) in [5.41, 5.74) is 0. The van der Waals surface area contributed by atoms with Gasteiger partial charge >= 0.3 is 6.36 Å². The SMILES string of the molecule is COc1cc(OC(F)(F)F)c(O)cn1. The molecule has 1 heterocycles. The fourth-order valence-corrected chi connectivity index (χ4v) is 0.730. The Morgan fingerprint density at radius 2 is 2.07 bits per heavy atom. The van der Waals surface area contributed by atoms with E-state index in [-0.39, 0.29) is 5.88 Å². The van der Waals surface area contributed by atoms with Gasteiger partial charge in [-0.05, 0) is 0 Å². The highest BCUT2D eigenvalue weighted by molar-refractivity contribution is 5.39. The zero-order valence-electron chi connectivity index (χ0n) is 7.00. The Labute approximate surface area is 76.9 Å². The molecule has 0 aliphatic rings. The molecule has 4 nitrogen and oxygen atoms in total. The molecule has 7 heteroatoms. The van der Waals surface area contributed by atoms with Gasteiger partial charge < -0.3 is 14.6 Å². The van der Waals surface area contributed by atoms with Crippen LogP contribution in [0.2, 0.25) is 0 Å². The van der Waals surface area contributed by atoms with Gasteiger partial charge in [0, 0.05) is 6.07 Å². The molecule has 0 atom stereocenters. The fourth-order valence-electron chi connectivity index (χ4n) is 0.730. The number of hydrogen-bond acceptors (Lipinski definition) is 4. The van der Waals surface area contributed by atoms with Gasteiger partial charge in [0.2, 0.25) is 5.88 Å². The third kappa shape index (κ3) is 2.68. The molecule has 1 N–H and O–H groups in total. The zero-order chi connectivity index (χ0) is 10.8. The molecule has 0 aliphatic carbocycles. The normalized spacial score (nSPS) is 11.1. The van der Waals surface area contributed by atoms with Crippen LogP contribution in [0.1, 0.15) is 0 Å². The van der Waals surface area contributed by atoms with Gasteiger partial charge in [0.25, 0.3) is 0 Å². The molecule has 1 rings (SSSR count). The number of ether oxygens (including phenoxy) is 2. The summed E-state index contributed by atoms with van der Waals surface area (Å²) in [5, 5.41) is 8.95. The van der Waals surface area contributed by atoms with Crippen LogP contribution in [0.25, 0.3) is 0 Å². The van der Waals surface area contributed by atoms with E-state index >= 15 is 0 Å². The molecule has 1 aromatic rings. The monoisotopic (exact) mass is 209 g/mol. The van der Waals surface area contributed by atoms with E-state index in [1.165, 1.54) is 7.11 Å². The number of rotatable bonds is 2. The largest absolute Gasteiger partial charge is 0.573 e. The molecule has 14 heavy (non-hydrogen) atoms. The maximum absolute atomic E-state index is 11.8. The van der Waals surface area contributed by atoms with Crippen LogP contribution in [-0.2, 0) is 0 Å². The summed E-state index contributed by atoms with van der Waals surface area (Å²) < 4.78 is 43.3. The quantitative estimate of drug-likeness (QED) is 0.805. The van der Waals surface area contributed by atoms with Crippen LogP contribution in [0, 0.1) is 0 Å². The smallest absolute Gasteiger partial charge is 0.503 e. The van der Waals surface area contributed by atoms with Gasteiger partial charge in [-0.3, -0.25) is 0 Å². The summed E-state index contributed by atoms with van der Waals surface area (Å²) in [6.07, 6.45) is -4.05. The van der Waals surface area contributed by atoms with Crippen LogP contribution >= 0.6 is 0 Å². The second-order valence-corrected chi connectivity index (χ2v) is 2.24. The van der Waals surface area contributed by atoms with Gasteiger partial charge in [-0.25, -0.2) is 4.98 Å². The minimum absolute atomic E-state index is 0.0814. The first kappa shape index (κ1) is 10.4. The molecule has 0 aromatic carbocycles. The van der Waals surface area contributed by atoms with E-state index in [0.29, 0.717) is 0 Å². The molecule has 1 aromatic heterocycles. The van der Waals surface area contributed by atoms with E-state index in [1.807, 2.05) is 0 Å². The van der Waals surface area contributed by atoms with E-state index in [0.717, 1.165) is 12.3 Å². The Hall–Kier alpha value is -1.66. The summed E-state index contributed by atoms with van der Waals surface area (Å²) in [6.45, 7) is 0. The topological polar surface area (TPSA) is 51.6 Å². The molecular weight excluding hydrogens is 203 g/mol. The van der Waals surface area contributed by atoms with Crippen molar-refractivity contribution in [1.29, 1.82) is 0 Å². The molecule has 0 aliphatic heterocycles. The fraction of sp³-hybridized carbons (Fsp3) is 0.286. The highest BCUT2D eigenvalue weighted by Gasteiger charge is 2.32. The second-order valence-electron chi connectivity index (χ2n) is 2.24. The standard InChI is InChI=1S/C7H6F3NO3/c1-13-6-2-5(4(12)3-11-6)14-7(8,9)10/h2-3,12H,1H3. The average molecular weight is 209 g/mol. The zero-order valence-corrected chi connectivity index (χ0v) is 7.00. The lowest BCUT2D eigenvalue weighted by molar-refractivity contribution is -0.275. The van der Waals surface area contributed by atoms with Crippen molar-refractivity contribution in [2.24, 2.45) is 0 Å². The van der Waals surface area contributed by atoms with Gasteiger partial charge in [-0.15, -0.1) is 13.2 Å². The van der Waals surface area contributed by atoms with Crippen LogP contribution in [0.4, 0.5) is 13.2 Å². The third-order valence-electron chi connectivity index (χ3n) is 1.26. The maximum Gasteiger partial charge on any atom is 0.573 e. The number of halogens is 3. The van der Waals surface area contributed by atoms with Crippen molar-refractivity contribution in [3.63, 3.8) is 0 Å². The summed E-state index contributed by atoms with van der Waals surface area (Å²) in [6, 6.07) is 0.836. The average Bonchev–Trinajstić information content (AvgIpc) is 2.06. The van der Waals surface area contributed by atoms with Crippen LogP contribution in [0.5, 0.6) is 17.4 Å². The first-order valence-electron chi connectivity index (χ1n) is 3.41. The molecule has 78 valence electrons. The van der Waals surface area contributed by atoms with Crippen LogP contribution in [-0.4, -0.2) is 23.6 Å². The van der Waals surface area contributed by atoms with E-state index < -0.39 is 17.9 Å². The molecule has 0 amide bonds. The van der Waals surface area contributed by atoms with Crippen LogP contribution in [0.15, 0.2) is 12.3 Å². The van der Waals surface area contributed by atoms with Gasteiger partial charge in [-0.1, -0.05) is 0 Å². The molecule has 0 saturated carbocycles. The lowest BCUT2D eigenvalue weighted by Gasteiger charge is -2.10. The van der Waals surface area contributed by atoms with Crippen molar-refractivity contribution in [3.8, 4) is 17.4 Å². The molecule has 0 fully saturated rings. The Balaban J connectivity index is 2.95. The summed E-state index contributed by atoms with van der Waals surface area (Å²) in [4.78, 5) is 3.47. The number of pyridine rings is 1. The number of hydrogen-bond donors (Lipinski definition) is 1. The number of aromatic hydroxyl groups is 1. The van der Waals surface area contributed by atoms with Gasteiger partial charge in [-0.2, -0.15) is 0 Å². The van der Waals surface area contributed by atoms with E-state index in [2.05, 4.69) is 14.5 Å². The van der Waals surface area contributed by atoms with Crippen molar-refractivity contribution in [1.82, 2.24) is 4.98 Å². The third-order valence-corrected chi connectivity index (χ3v) is 1.26. The predicted molar refractivity (Wildman–Crippen MR) is 39.1 cm³/mol. The van der Waals surface area contributed by atoms with Crippen LogP contribution in [0.3, 0.4) is 0 Å². The Morgan fingerprint density at radius 1 is 1.43 bits per heavy atom. The molecule has 0 unspecified atom stereocenters. The summed E-state index contributed by atoms with van der Waals surface area (Å²) >= 11 is 0. The van der Waals surface area contributed by atoms with Crippen molar-refractivity contribution in [3.05, 3.63) is 12.3 Å². The van der Waals surface area contributed by atoms with Gasteiger partial charge in [0.1, 0.15) is 0 Å². The maximum atomic E-state index is 11.8. The second kappa shape index (κ2) is 3.60. The lowest BCUT2D eigenvalue weighted by atomic mass is 10.4. The predicted octanol–water partition coefficient (Wildman–Crippen LogP) is 1.69. The van der Waals surface area contributed by atoms with Crippen molar-refractivity contribution in [2.45, 2.75) is 6.36 Å². The Bertz CT molecular complexity index is 326. The van der Waals surface area contributed by atoms with Gasteiger partial charge in [0.15, 0.2) is 11.5 Å². The lowest BCUT2D eigenvalue weighted by Crippen LogP contribution is -2.17. The summed E-state index contributed by atoms with van der Waals surface area (Å²) in [7, 11) is 1.23. The highest BCUT2D eigenvalue weighted by atomic mass is 19.4. The van der Waals surface area contributed by atoms with Gasteiger partial charge in [0.05, 0.1) is 13.3 Å². The first-order valence-corrected chi connectivity index (χ1v) is 3.41. The van der Waals surface area contributed by atoms with Crippen molar-refractivity contribution < 1.29 is 27.8 Å². The van der Waals surface area contributed by atoms with Crippen molar-refractivity contribution in [2.75, 3.05) is 7.11 Å². The number of nitrogens with zero attached hydrogens (tertiary/aromatic N) is 1. The minimum Gasteiger partial charge on any atom is -0.503 e. The van der Waals surface area contributed by atoms with E-state index in [4.69, 9.17) is 5.11 Å². The van der Waals surface area contributed by atoms with Crippen LogP contribution < -0.4 is 9.47 Å². The molecule has 0 radical (unpaired) electrons. The van der Waals surface area contributed by atoms with E-state index in [9.17, 15) is 13.2 Å².